The fourth-order valence-electron chi connectivity index (χ4n) is 3.49. The number of hydrogen-bond donors (Lipinski definition) is 0. The van der Waals surface area contributed by atoms with Crippen LogP contribution in [0.1, 0.15) is 11.1 Å². The molecule has 1 fully saturated rings. The number of halogens is 1. The first-order chi connectivity index (χ1) is 17.9. The van der Waals surface area contributed by atoms with Gasteiger partial charge in [0.15, 0.2) is 0 Å². The van der Waals surface area contributed by atoms with E-state index < -0.39 is 16.1 Å². The SMILES string of the molecule is O=C1S/C(=C\c2ccc(Sc3nnnn3-c3ccccc3)c([N+](=O)[O-])c2)C(=O)N1Cc1ccc(Cl)cc1. The summed E-state index contributed by atoms with van der Waals surface area (Å²) < 4.78 is 1.49. The highest BCUT2D eigenvalue weighted by Gasteiger charge is 2.35. The molecule has 0 N–H and O–H groups in total. The number of benzene rings is 3. The third-order valence-corrected chi connectivity index (χ3v) is 7.41. The summed E-state index contributed by atoms with van der Waals surface area (Å²) in [4.78, 5) is 38.4. The lowest BCUT2D eigenvalue weighted by Gasteiger charge is -2.12. The van der Waals surface area contributed by atoms with E-state index in [9.17, 15) is 19.7 Å². The summed E-state index contributed by atoms with van der Waals surface area (Å²) in [5, 5.41) is 24.0. The maximum Gasteiger partial charge on any atom is 0.293 e. The van der Waals surface area contributed by atoms with Gasteiger partial charge >= 0.3 is 0 Å². The molecule has 184 valence electrons. The molecule has 0 unspecified atom stereocenters. The van der Waals surface area contributed by atoms with Crippen molar-refractivity contribution in [2.75, 3.05) is 0 Å². The van der Waals surface area contributed by atoms with Gasteiger partial charge in [-0.05, 0) is 81.5 Å². The van der Waals surface area contributed by atoms with E-state index in [1.54, 1.807) is 36.4 Å². The predicted octanol–water partition coefficient (Wildman–Crippen LogP) is 5.61. The van der Waals surface area contributed by atoms with Gasteiger partial charge < -0.3 is 0 Å². The number of carbonyl (C=O) groups excluding carboxylic acids is 2. The van der Waals surface area contributed by atoms with Gasteiger partial charge in [0, 0.05) is 11.1 Å². The summed E-state index contributed by atoms with van der Waals surface area (Å²) in [6.45, 7) is 0.102. The lowest BCUT2D eigenvalue weighted by atomic mass is 10.1. The first-order valence-electron chi connectivity index (χ1n) is 10.7. The quantitative estimate of drug-likeness (QED) is 0.164. The number of aromatic nitrogens is 4. The summed E-state index contributed by atoms with van der Waals surface area (Å²) in [7, 11) is 0. The Labute approximate surface area is 223 Å². The molecule has 5 rings (SSSR count). The van der Waals surface area contributed by atoms with E-state index in [1.165, 1.54) is 16.8 Å². The standard InChI is InChI=1S/C24H15ClN6O4S2/c25-17-9-6-15(7-10-17)14-29-22(32)21(37-24(29)33)13-16-8-11-20(19(12-16)31(34)35)36-23-26-27-28-30(23)18-4-2-1-3-5-18/h1-13H,14H2/b21-13-. The third kappa shape index (κ3) is 5.40. The van der Waals surface area contributed by atoms with E-state index in [1.807, 2.05) is 30.3 Å². The van der Waals surface area contributed by atoms with Crippen LogP contribution in [0.5, 0.6) is 0 Å². The number of nitrogens with zero attached hydrogens (tertiary/aromatic N) is 6. The van der Waals surface area contributed by atoms with Crippen molar-refractivity contribution in [3.8, 4) is 5.69 Å². The minimum Gasteiger partial charge on any atom is -0.268 e. The fourth-order valence-corrected chi connectivity index (χ4v) is 5.33. The van der Waals surface area contributed by atoms with Crippen LogP contribution in [-0.2, 0) is 11.3 Å². The topological polar surface area (TPSA) is 124 Å². The molecule has 2 heterocycles. The van der Waals surface area contributed by atoms with Gasteiger partial charge in [-0.2, -0.15) is 4.68 Å². The van der Waals surface area contributed by atoms with Crippen molar-refractivity contribution in [3.05, 3.63) is 104 Å². The van der Waals surface area contributed by atoms with Gasteiger partial charge in [0.05, 0.1) is 27.0 Å². The molecular formula is C24H15ClN6O4S2. The van der Waals surface area contributed by atoms with Crippen LogP contribution in [0.3, 0.4) is 0 Å². The summed E-state index contributed by atoms with van der Waals surface area (Å²) in [5.74, 6) is -0.465. The zero-order valence-corrected chi connectivity index (χ0v) is 21.1. The molecule has 13 heteroatoms. The summed E-state index contributed by atoms with van der Waals surface area (Å²) in [5.41, 5.74) is 1.70. The molecule has 0 atom stereocenters. The third-order valence-electron chi connectivity index (χ3n) is 5.25. The van der Waals surface area contributed by atoms with Crippen molar-refractivity contribution < 1.29 is 14.5 Å². The number of thioether (sulfide) groups is 1. The molecular weight excluding hydrogens is 536 g/mol. The Bertz CT molecular complexity index is 1540. The Morgan fingerprint density at radius 3 is 2.54 bits per heavy atom. The number of carbonyl (C=O) groups is 2. The first kappa shape index (κ1) is 24.7. The van der Waals surface area contributed by atoms with E-state index in [0.717, 1.165) is 34.0 Å². The van der Waals surface area contributed by atoms with E-state index in [0.29, 0.717) is 26.3 Å². The number of para-hydroxylation sites is 1. The average Bonchev–Trinajstić information content (AvgIpc) is 3.46. The second-order valence-corrected chi connectivity index (χ2v) is 10.1. The maximum absolute atomic E-state index is 12.9. The number of rotatable bonds is 7. The normalized spacial score (nSPS) is 14.5. The van der Waals surface area contributed by atoms with Crippen molar-refractivity contribution in [2.45, 2.75) is 16.6 Å². The van der Waals surface area contributed by atoms with Crippen molar-refractivity contribution >= 4 is 58.0 Å². The number of tetrazole rings is 1. The van der Waals surface area contributed by atoms with Crippen LogP contribution in [0.4, 0.5) is 10.5 Å². The molecule has 10 nitrogen and oxygen atoms in total. The Hall–Kier alpha value is -4.00. The molecule has 1 aliphatic heterocycles. The molecule has 1 aliphatic rings. The molecule has 0 bridgehead atoms. The summed E-state index contributed by atoms with van der Waals surface area (Å²) >= 11 is 7.73. The molecule has 0 radical (unpaired) electrons. The van der Waals surface area contributed by atoms with Gasteiger partial charge in [0.25, 0.3) is 16.8 Å². The van der Waals surface area contributed by atoms with Crippen LogP contribution in [-0.4, -0.2) is 41.2 Å². The molecule has 1 aromatic heterocycles. The van der Waals surface area contributed by atoms with Crippen LogP contribution in [0.25, 0.3) is 11.8 Å². The Kier molecular flexibility index (Phi) is 7.04. The Morgan fingerprint density at radius 1 is 1.05 bits per heavy atom. The summed E-state index contributed by atoms with van der Waals surface area (Å²) in [6, 6.07) is 20.6. The lowest BCUT2D eigenvalue weighted by Crippen LogP contribution is -2.27. The van der Waals surface area contributed by atoms with Gasteiger partial charge in [0.2, 0.25) is 5.16 Å². The van der Waals surface area contributed by atoms with Crippen LogP contribution in [0, 0.1) is 10.1 Å². The van der Waals surface area contributed by atoms with Gasteiger partial charge in [-0.25, -0.2) is 0 Å². The van der Waals surface area contributed by atoms with Crippen molar-refractivity contribution in [1.29, 1.82) is 0 Å². The first-order valence-corrected chi connectivity index (χ1v) is 12.7. The minimum absolute atomic E-state index is 0.102. The van der Waals surface area contributed by atoms with E-state index in [2.05, 4.69) is 15.5 Å². The summed E-state index contributed by atoms with van der Waals surface area (Å²) in [6.07, 6.45) is 1.47. The molecule has 0 aliphatic carbocycles. The highest BCUT2D eigenvalue weighted by molar-refractivity contribution is 8.18. The molecule has 3 aromatic carbocycles. The smallest absolute Gasteiger partial charge is 0.268 e. The van der Waals surface area contributed by atoms with Crippen LogP contribution < -0.4 is 0 Å². The number of imide groups is 1. The highest BCUT2D eigenvalue weighted by atomic mass is 35.5. The van der Waals surface area contributed by atoms with E-state index >= 15 is 0 Å². The van der Waals surface area contributed by atoms with Crippen LogP contribution in [0.2, 0.25) is 5.02 Å². The number of nitro benzene ring substituents is 1. The van der Waals surface area contributed by atoms with E-state index in [-0.39, 0.29) is 17.1 Å². The Balaban J connectivity index is 1.39. The fraction of sp³-hybridized carbons (Fsp3) is 0.0417. The van der Waals surface area contributed by atoms with Crippen LogP contribution >= 0.6 is 35.1 Å². The lowest BCUT2D eigenvalue weighted by molar-refractivity contribution is -0.387. The molecule has 37 heavy (non-hydrogen) atoms. The molecule has 2 amide bonds. The molecule has 0 saturated carbocycles. The molecule has 4 aromatic rings. The van der Waals surface area contributed by atoms with Crippen molar-refractivity contribution in [2.24, 2.45) is 0 Å². The Morgan fingerprint density at radius 2 is 1.81 bits per heavy atom. The van der Waals surface area contributed by atoms with Gasteiger partial charge in [0.1, 0.15) is 0 Å². The van der Waals surface area contributed by atoms with Crippen molar-refractivity contribution in [1.82, 2.24) is 25.1 Å². The van der Waals surface area contributed by atoms with Gasteiger partial charge in [-0.3, -0.25) is 24.6 Å². The largest absolute Gasteiger partial charge is 0.293 e. The molecule has 0 spiro atoms. The van der Waals surface area contributed by atoms with E-state index in [4.69, 9.17) is 11.6 Å². The molecule has 1 saturated heterocycles. The second kappa shape index (κ2) is 10.5. The van der Waals surface area contributed by atoms with Gasteiger partial charge in [-0.15, -0.1) is 5.10 Å². The zero-order valence-electron chi connectivity index (χ0n) is 18.7. The minimum atomic E-state index is -0.511. The second-order valence-electron chi connectivity index (χ2n) is 7.69. The number of amides is 2. The number of nitro groups is 1. The van der Waals surface area contributed by atoms with Gasteiger partial charge in [-0.1, -0.05) is 48.0 Å². The zero-order chi connectivity index (χ0) is 25.9. The highest BCUT2D eigenvalue weighted by Crippen LogP contribution is 2.37. The number of hydrogen-bond acceptors (Lipinski definition) is 9. The monoisotopic (exact) mass is 550 g/mol. The van der Waals surface area contributed by atoms with Crippen molar-refractivity contribution in [3.63, 3.8) is 0 Å². The predicted molar refractivity (Wildman–Crippen MR) is 139 cm³/mol. The maximum atomic E-state index is 12.9. The van der Waals surface area contributed by atoms with Crippen LogP contribution in [0.15, 0.2) is 87.8 Å². The average molecular weight is 551 g/mol.